The van der Waals surface area contributed by atoms with Gasteiger partial charge in [-0.25, -0.2) is 4.39 Å². The number of carbonyl (C=O) groups excluding carboxylic acids is 1. The first-order valence-corrected chi connectivity index (χ1v) is 5.98. The Morgan fingerprint density at radius 2 is 2.33 bits per heavy atom. The first kappa shape index (κ1) is 12.8. The van der Waals surface area contributed by atoms with Gasteiger partial charge in [-0.1, -0.05) is 0 Å². The van der Waals surface area contributed by atoms with E-state index in [-0.39, 0.29) is 17.7 Å². The Morgan fingerprint density at radius 1 is 1.56 bits per heavy atom. The molecule has 0 aromatic heterocycles. The van der Waals surface area contributed by atoms with Crippen molar-refractivity contribution >= 4 is 5.91 Å². The van der Waals surface area contributed by atoms with E-state index in [4.69, 9.17) is 4.74 Å². The van der Waals surface area contributed by atoms with Gasteiger partial charge in [-0.05, 0) is 25.1 Å². The molecule has 1 atom stereocenters. The van der Waals surface area contributed by atoms with Crippen molar-refractivity contribution in [3.8, 4) is 5.75 Å². The van der Waals surface area contributed by atoms with Gasteiger partial charge in [0, 0.05) is 31.2 Å². The third kappa shape index (κ3) is 2.61. The first-order valence-electron chi connectivity index (χ1n) is 5.98. The maximum atomic E-state index is 13.3. The second-order valence-electron chi connectivity index (χ2n) is 4.46. The lowest BCUT2D eigenvalue weighted by Crippen LogP contribution is -2.51. The molecule has 1 heterocycles. The van der Waals surface area contributed by atoms with Gasteiger partial charge in [-0.2, -0.15) is 0 Å². The van der Waals surface area contributed by atoms with Crippen molar-refractivity contribution in [2.45, 2.75) is 13.0 Å². The van der Waals surface area contributed by atoms with Gasteiger partial charge in [0.1, 0.15) is 0 Å². The molecule has 1 aromatic carbocycles. The molecule has 1 fully saturated rings. The summed E-state index contributed by atoms with van der Waals surface area (Å²) >= 11 is 0. The molecule has 1 N–H and O–H groups in total. The summed E-state index contributed by atoms with van der Waals surface area (Å²) in [7, 11) is 1.39. The summed E-state index contributed by atoms with van der Waals surface area (Å²) < 4.78 is 18.2. The maximum Gasteiger partial charge on any atom is 0.254 e. The lowest BCUT2D eigenvalue weighted by molar-refractivity contribution is 0.0708. The van der Waals surface area contributed by atoms with Crippen molar-refractivity contribution in [1.82, 2.24) is 10.2 Å². The molecule has 0 bridgehead atoms. The van der Waals surface area contributed by atoms with Gasteiger partial charge in [0.05, 0.1) is 7.11 Å². The van der Waals surface area contributed by atoms with Crippen LogP contribution in [0, 0.1) is 5.82 Å². The van der Waals surface area contributed by atoms with Crippen molar-refractivity contribution in [2.24, 2.45) is 0 Å². The van der Waals surface area contributed by atoms with E-state index in [0.717, 1.165) is 6.54 Å². The normalized spacial score (nSPS) is 19.7. The van der Waals surface area contributed by atoms with Crippen molar-refractivity contribution in [2.75, 3.05) is 26.7 Å². The Hall–Kier alpha value is -1.62. The molecule has 0 aliphatic carbocycles. The number of methoxy groups -OCH3 is 1. The molecule has 0 spiro atoms. The van der Waals surface area contributed by atoms with Crippen LogP contribution in [0.4, 0.5) is 4.39 Å². The first-order chi connectivity index (χ1) is 8.61. The number of rotatable bonds is 2. The number of hydrogen-bond donors (Lipinski definition) is 1. The third-order valence-electron chi connectivity index (χ3n) is 3.05. The fourth-order valence-electron chi connectivity index (χ4n) is 2.09. The van der Waals surface area contributed by atoms with Crippen molar-refractivity contribution in [1.29, 1.82) is 0 Å². The molecule has 1 aromatic rings. The van der Waals surface area contributed by atoms with E-state index in [1.807, 2.05) is 6.92 Å². The molecule has 1 aliphatic heterocycles. The Kier molecular flexibility index (Phi) is 3.81. The minimum Gasteiger partial charge on any atom is -0.494 e. The lowest BCUT2D eigenvalue weighted by atomic mass is 10.1. The molecule has 0 radical (unpaired) electrons. The highest BCUT2D eigenvalue weighted by molar-refractivity contribution is 5.94. The summed E-state index contributed by atoms with van der Waals surface area (Å²) in [6, 6.07) is 4.49. The molecule has 5 heteroatoms. The van der Waals surface area contributed by atoms with Crippen LogP contribution in [0.15, 0.2) is 18.2 Å². The number of halogens is 1. The number of ether oxygens (including phenoxy) is 1. The van der Waals surface area contributed by atoms with Gasteiger partial charge in [0.2, 0.25) is 0 Å². The van der Waals surface area contributed by atoms with Gasteiger partial charge >= 0.3 is 0 Å². The second kappa shape index (κ2) is 5.35. The second-order valence-corrected chi connectivity index (χ2v) is 4.46. The summed E-state index contributed by atoms with van der Waals surface area (Å²) in [6.07, 6.45) is 0. The van der Waals surface area contributed by atoms with Crippen molar-refractivity contribution in [3.05, 3.63) is 29.6 Å². The van der Waals surface area contributed by atoms with Crippen LogP contribution in [0.3, 0.4) is 0 Å². The number of hydrogen-bond acceptors (Lipinski definition) is 3. The van der Waals surface area contributed by atoms with Crippen LogP contribution in [0.2, 0.25) is 0 Å². The number of piperazine rings is 1. The fourth-order valence-corrected chi connectivity index (χ4v) is 2.09. The number of nitrogens with one attached hydrogen (secondary N) is 1. The molecule has 18 heavy (non-hydrogen) atoms. The van der Waals surface area contributed by atoms with Crippen molar-refractivity contribution in [3.63, 3.8) is 0 Å². The SMILES string of the molecule is COc1cc(C(=O)N2CCN[C@H](C)C2)ccc1F. The van der Waals surface area contributed by atoms with Crippen LogP contribution in [0.1, 0.15) is 17.3 Å². The van der Waals surface area contributed by atoms with E-state index >= 15 is 0 Å². The topological polar surface area (TPSA) is 41.6 Å². The highest BCUT2D eigenvalue weighted by atomic mass is 19.1. The third-order valence-corrected chi connectivity index (χ3v) is 3.05. The fraction of sp³-hybridized carbons (Fsp3) is 0.462. The van der Waals surface area contributed by atoms with E-state index in [2.05, 4.69) is 5.32 Å². The quantitative estimate of drug-likeness (QED) is 0.861. The van der Waals surface area contributed by atoms with E-state index in [0.29, 0.717) is 18.7 Å². The Morgan fingerprint density at radius 3 is 3.00 bits per heavy atom. The Labute approximate surface area is 106 Å². The van der Waals surface area contributed by atoms with E-state index < -0.39 is 5.82 Å². The van der Waals surface area contributed by atoms with E-state index in [1.54, 1.807) is 4.90 Å². The molecule has 1 aliphatic rings. The van der Waals surface area contributed by atoms with Gasteiger partial charge in [0.15, 0.2) is 11.6 Å². The monoisotopic (exact) mass is 252 g/mol. The molecular formula is C13H17FN2O2. The van der Waals surface area contributed by atoms with Crippen LogP contribution in [0.5, 0.6) is 5.75 Å². The van der Waals surface area contributed by atoms with E-state index in [1.165, 1.54) is 25.3 Å². The zero-order valence-electron chi connectivity index (χ0n) is 10.6. The largest absolute Gasteiger partial charge is 0.494 e. The van der Waals surface area contributed by atoms with Crippen LogP contribution in [0.25, 0.3) is 0 Å². The number of nitrogens with zero attached hydrogens (tertiary/aromatic N) is 1. The van der Waals surface area contributed by atoms with Crippen molar-refractivity contribution < 1.29 is 13.9 Å². The molecule has 0 saturated carbocycles. The summed E-state index contributed by atoms with van der Waals surface area (Å²) in [5.74, 6) is -0.437. The molecule has 4 nitrogen and oxygen atoms in total. The average molecular weight is 252 g/mol. The maximum absolute atomic E-state index is 13.3. The molecular weight excluding hydrogens is 235 g/mol. The van der Waals surface area contributed by atoms with Crippen LogP contribution in [-0.4, -0.2) is 43.6 Å². The van der Waals surface area contributed by atoms with Gasteiger partial charge in [0.25, 0.3) is 5.91 Å². The van der Waals surface area contributed by atoms with E-state index in [9.17, 15) is 9.18 Å². The highest BCUT2D eigenvalue weighted by Crippen LogP contribution is 2.19. The van der Waals surface area contributed by atoms with Gasteiger partial charge < -0.3 is 15.0 Å². The smallest absolute Gasteiger partial charge is 0.254 e. The Bertz CT molecular complexity index is 451. The Balaban J connectivity index is 2.17. The zero-order valence-corrected chi connectivity index (χ0v) is 10.6. The number of amides is 1. The molecule has 2 rings (SSSR count). The highest BCUT2D eigenvalue weighted by Gasteiger charge is 2.22. The summed E-state index contributed by atoms with van der Waals surface area (Å²) in [5.41, 5.74) is 0.461. The number of carbonyl (C=O) groups is 1. The molecule has 1 saturated heterocycles. The predicted octanol–water partition coefficient (Wildman–Crippen LogP) is 1.27. The van der Waals surface area contributed by atoms with Crippen LogP contribution in [-0.2, 0) is 0 Å². The minimum atomic E-state index is -0.456. The van der Waals surface area contributed by atoms with Gasteiger partial charge in [-0.15, -0.1) is 0 Å². The minimum absolute atomic E-state index is 0.0818. The summed E-state index contributed by atoms with van der Waals surface area (Å²) in [4.78, 5) is 14.0. The number of benzene rings is 1. The summed E-state index contributed by atoms with van der Waals surface area (Å²) in [5, 5.41) is 3.27. The predicted molar refractivity (Wildman–Crippen MR) is 66.3 cm³/mol. The molecule has 98 valence electrons. The van der Waals surface area contributed by atoms with Crippen LogP contribution >= 0.6 is 0 Å². The molecule has 0 unspecified atom stereocenters. The standard InChI is InChI=1S/C13H17FN2O2/c1-9-8-16(6-5-15-9)13(17)10-3-4-11(14)12(7-10)18-2/h3-4,7,9,15H,5-6,8H2,1-2H3/t9-/m1/s1. The molecule has 1 amide bonds. The summed E-state index contributed by atoms with van der Waals surface area (Å²) in [6.45, 7) is 4.15. The lowest BCUT2D eigenvalue weighted by Gasteiger charge is -2.32. The van der Waals surface area contributed by atoms with Gasteiger partial charge in [-0.3, -0.25) is 4.79 Å². The van der Waals surface area contributed by atoms with Crippen LogP contribution < -0.4 is 10.1 Å². The average Bonchev–Trinajstić information content (AvgIpc) is 2.38. The zero-order chi connectivity index (χ0) is 13.1.